The zero-order chi connectivity index (χ0) is 16.0. The SMILES string of the molecule is CN=C(NCCCNS(C)(=O)=O)N1CCc2ccccc2C1. The monoisotopic (exact) mass is 324 g/mol. The Kier molecular flexibility index (Phi) is 5.79. The van der Waals surface area contributed by atoms with E-state index >= 15 is 0 Å². The average molecular weight is 324 g/mol. The van der Waals surface area contributed by atoms with Crippen molar-refractivity contribution >= 4 is 16.0 Å². The van der Waals surface area contributed by atoms with Crippen molar-refractivity contribution in [3.8, 4) is 0 Å². The van der Waals surface area contributed by atoms with Gasteiger partial charge in [0, 0.05) is 33.2 Å². The number of benzene rings is 1. The molecule has 0 bridgehead atoms. The molecule has 2 N–H and O–H groups in total. The zero-order valence-corrected chi connectivity index (χ0v) is 14.0. The van der Waals surface area contributed by atoms with Gasteiger partial charge in [-0.15, -0.1) is 0 Å². The maximum absolute atomic E-state index is 11.0. The fourth-order valence-electron chi connectivity index (χ4n) is 2.55. The van der Waals surface area contributed by atoms with Crippen molar-refractivity contribution in [3.63, 3.8) is 0 Å². The van der Waals surface area contributed by atoms with Crippen LogP contribution in [-0.2, 0) is 23.0 Å². The van der Waals surface area contributed by atoms with Gasteiger partial charge in [0.15, 0.2) is 5.96 Å². The summed E-state index contributed by atoms with van der Waals surface area (Å²) >= 11 is 0. The lowest BCUT2D eigenvalue weighted by Gasteiger charge is -2.31. The molecule has 0 saturated heterocycles. The molecule has 22 heavy (non-hydrogen) atoms. The van der Waals surface area contributed by atoms with Crippen molar-refractivity contribution in [2.45, 2.75) is 19.4 Å². The molecule has 1 aliphatic heterocycles. The van der Waals surface area contributed by atoms with Crippen LogP contribution in [0.4, 0.5) is 0 Å². The zero-order valence-electron chi connectivity index (χ0n) is 13.2. The van der Waals surface area contributed by atoms with Gasteiger partial charge >= 0.3 is 0 Å². The Morgan fingerprint density at radius 3 is 2.68 bits per heavy atom. The molecule has 0 radical (unpaired) electrons. The van der Waals surface area contributed by atoms with Crippen LogP contribution >= 0.6 is 0 Å². The minimum Gasteiger partial charge on any atom is -0.356 e. The third kappa shape index (κ3) is 4.99. The predicted octanol–water partition coefficient (Wildman–Crippen LogP) is 0.559. The van der Waals surface area contributed by atoms with Crippen LogP contribution in [0.3, 0.4) is 0 Å². The standard InChI is InChI=1S/C15H24N4O2S/c1-16-15(17-9-5-10-18-22(2,20)21)19-11-8-13-6-3-4-7-14(13)12-19/h3-4,6-7,18H,5,8-12H2,1-2H3,(H,16,17). The third-order valence-corrected chi connectivity index (χ3v) is 4.37. The second kappa shape index (κ2) is 7.60. The lowest BCUT2D eigenvalue weighted by Crippen LogP contribution is -2.44. The minimum absolute atomic E-state index is 0.436. The Labute approximate surface area is 132 Å². The first-order valence-electron chi connectivity index (χ1n) is 7.46. The van der Waals surface area contributed by atoms with Gasteiger partial charge in [-0.3, -0.25) is 4.99 Å². The fraction of sp³-hybridized carbons (Fsp3) is 0.533. The molecule has 0 saturated carbocycles. The van der Waals surface area contributed by atoms with E-state index in [4.69, 9.17) is 0 Å². The van der Waals surface area contributed by atoms with Gasteiger partial charge in [-0.2, -0.15) is 0 Å². The summed E-state index contributed by atoms with van der Waals surface area (Å²) in [5.74, 6) is 0.869. The maximum Gasteiger partial charge on any atom is 0.208 e. The van der Waals surface area contributed by atoms with Gasteiger partial charge in [0.25, 0.3) is 0 Å². The summed E-state index contributed by atoms with van der Waals surface area (Å²) in [5.41, 5.74) is 2.75. The number of sulfonamides is 1. The van der Waals surface area contributed by atoms with Gasteiger partial charge in [0.2, 0.25) is 10.0 Å². The second-order valence-corrected chi connectivity index (χ2v) is 7.27. The second-order valence-electron chi connectivity index (χ2n) is 5.43. The molecule has 0 amide bonds. The summed E-state index contributed by atoms with van der Waals surface area (Å²) in [6.07, 6.45) is 2.91. The van der Waals surface area contributed by atoms with Gasteiger partial charge in [-0.1, -0.05) is 24.3 Å². The van der Waals surface area contributed by atoms with E-state index in [1.807, 2.05) is 0 Å². The summed E-state index contributed by atoms with van der Waals surface area (Å²) in [7, 11) is -1.33. The highest BCUT2D eigenvalue weighted by molar-refractivity contribution is 7.88. The van der Waals surface area contributed by atoms with E-state index < -0.39 is 10.0 Å². The first kappa shape index (κ1) is 16.8. The van der Waals surface area contributed by atoms with Crippen LogP contribution in [0.1, 0.15) is 17.5 Å². The van der Waals surface area contributed by atoms with E-state index in [0.717, 1.165) is 31.9 Å². The Morgan fingerprint density at radius 1 is 1.27 bits per heavy atom. The van der Waals surface area contributed by atoms with E-state index in [1.54, 1.807) is 7.05 Å². The molecule has 0 aromatic heterocycles. The molecule has 1 aromatic carbocycles. The summed E-state index contributed by atoms with van der Waals surface area (Å²) in [4.78, 5) is 6.55. The van der Waals surface area contributed by atoms with Crippen LogP contribution in [0, 0.1) is 0 Å². The van der Waals surface area contributed by atoms with Crippen LogP contribution in [-0.4, -0.2) is 52.2 Å². The summed E-state index contributed by atoms with van der Waals surface area (Å²) in [6, 6.07) is 8.48. The van der Waals surface area contributed by atoms with Crippen LogP contribution in [0.15, 0.2) is 29.3 Å². The lowest BCUT2D eigenvalue weighted by atomic mass is 10.0. The summed E-state index contributed by atoms with van der Waals surface area (Å²) < 4.78 is 24.5. The van der Waals surface area contributed by atoms with Crippen molar-refractivity contribution < 1.29 is 8.42 Å². The van der Waals surface area contributed by atoms with Gasteiger partial charge in [-0.05, 0) is 24.0 Å². The smallest absolute Gasteiger partial charge is 0.208 e. The van der Waals surface area contributed by atoms with Crippen molar-refractivity contribution in [1.29, 1.82) is 0 Å². The van der Waals surface area contributed by atoms with Gasteiger partial charge in [0.05, 0.1) is 6.26 Å². The molecule has 0 fully saturated rings. The van der Waals surface area contributed by atoms with Crippen LogP contribution in [0.2, 0.25) is 0 Å². The van der Waals surface area contributed by atoms with E-state index in [2.05, 4.69) is 44.2 Å². The topological polar surface area (TPSA) is 73.8 Å². The highest BCUT2D eigenvalue weighted by Gasteiger charge is 2.18. The highest BCUT2D eigenvalue weighted by Crippen LogP contribution is 2.18. The first-order valence-corrected chi connectivity index (χ1v) is 9.36. The highest BCUT2D eigenvalue weighted by atomic mass is 32.2. The molecular formula is C15H24N4O2S. The molecule has 1 aromatic rings. The molecule has 0 spiro atoms. The lowest BCUT2D eigenvalue weighted by molar-refractivity contribution is 0.378. The van der Waals surface area contributed by atoms with E-state index in [-0.39, 0.29) is 0 Å². The largest absolute Gasteiger partial charge is 0.356 e. The Morgan fingerprint density at radius 2 is 2.00 bits per heavy atom. The Balaban J connectivity index is 1.81. The molecule has 2 rings (SSSR count). The normalized spacial score (nSPS) is 15.5. The quantitative estimate of drug-likeness (QED) is 0.471. The van der Waals surface area contributed by atoms with Gasteiger partial charge < -0.3 is 10.2 Å². The number of hydrogen-bond acceptors (Lipinski definition) is 3. The minimum atomic E-state index is -3.10. The number of guanidine groups is 1. The average Bonchev–Trinajstić information content (AvgIpc) is 2.49. The molecule has 0 unspecified atom stereocenters. The molecule has 0 atom stereocenters. The summed E-state index contributed by atoms with van der Waals surface area (Å²) in [5, 5.41) is 3.30. The van der Waals surface area contributed by atoms with Crippen molar-refractivity contribution in [1.82, 2.24) is 14.9 Å². The van der Waals surface area contributed by atoms with Crippen LogP contribution < -0.4 is 10.0 Å². The van der Waals surface area contributed by atoms with Gasteiger partial charge in [-0.25, -0.2) is 13.1 Å². The number of aliphatic imine (C=N–C) groups is 1. The van der Waals surface area contributed by atoms with Crippen LogP contribution in [0.5, 0.6) is 0 Å². The number of rotatable bonds is 5. The molecule has 6 nitrogen and oxygen atoms in total. The predicted molar refractivity (Wildman–Crippen MR) is 89.4 cm³/mol. The molecule has 122 valence electrons. The summed E-state index contributed by atoms with van der Waals surface area (Å²) in [6.45, 7) is 2.93. The fourth-order valence-corrected chi connectivity index (χ4v) is 3.07. The molecule has 7 heteroatoms. The maximum atomic E-state index is 11.0. The van der Waals surface area contributed by atoms with Crippen molar-refractivity contribution in [2.24, 2.45) is 4.99 Å². The van der Waals surface area contributed by atoms with Gasteiger partial charge in [0.1, 0.15) is 0 Å². The van der Waals surface area contributed by atoms with E-state index in [0.29, 0.717) is 13.1 Å². The van der Waals surface area contributed by atoms with E-state index in [1.165, 1.54) is 17.4 Å². The van der Waals surface area contributed by atoms with Crippen LogP contribution in [0.25, 0.3) is 0 Å². The molecular weight excluding hydrogens is 300 g/mol. The van der Waals surface area contributed by atoms with Crippen molar-refractivity contribution in [3.05, 3.63) is 35.4 Å². The first-order chi connectivity index (χ1) is 10.5. The number of nitrogens with zero attached hydrogens (tertiary/aromatic N) is 2. The molecule has 1 heterocycles. The molecule has 1 aliphatic rings. The number of hydrogen-bond donors (Lipinski definition) is 2. The Hall–Kier alpha value is -1.60. The van der Waals surface area contributed by atoms with Crippen molar-refractivity contribution in [2.75, 3.05) is 32.9 Å². The Bertz CT molecular complexity index is 628. The number of nitrogens with one attached hydrogen (secondary N) is 2. The van der Waals surface area contributed by atoms with E-state index in [9.17, 15) is 8.42 Å². The molecule has 0 aliphatic carbocycles. The third-order valence-electron chi connectivity index (χ3n) is 3.64. The number of fused-ring (bicyclic) bond motifs is 1.